The zero-order valence-corrected chi connectivity index (χ0v) is 11.6. The fraction of sp³-hybridized carbons (Fsp3) is 0.923. The van der Waals surface area contributed by atoms with Gasteiger partial charge in [-0.05, 0) is 37.6 Å². The maximum atomic E-state index is 5.56. The second-order valence-corrected chi connectivity index (χ2v) is 5.45. The fourth-order valence-corrected chi connectivity index (χ4v) is 2.73. The van der Waals surface area contributed by atoms with E-state index in [0.29, 0.717) is 5.96 Å². The number of unbranched alkanes of at least 4 members (excludes halogenated alkanes) is 1. The number of rotatable bonds is 5. The molecule has 0 spiro atoms. The number of likely N-dealkylation sites (tertiary alicyclic amines) is 1. The summed E-state index contributed by atoms with van der Waals surface area (Å²) in [6.07, 6.45) is 3.79. The lowest BCUT2D eigenvalue weighted by atomic mass is 9.92. The Hall–Kier alpha value is -0.770. The molecule has 0 radical (unpaired) electrons. The summed E-state index contributed by atoms with van der Waals surface area (Å²) < 4.78 is 0. The largest absolute Gasteiger partial charge is 0.370 e. The molecule has 4 nitrogen and oxygen atoms in total. The van der Waals surface area contributed by atoms with Crippen molar-refractivity contribution in [2.45, 2.75) is 33.1 Å². The second kappa shape index (κ2) is 7.54. The summed E-state index contributed by atoms with van der Waals surface area (Å²) in [6, 6.07) is 0. The minimum atomic E-state index is 0.546. The Morgan fingerprint density at radius 3 is 2.53 bits per heavy atom. The molecular weight excluding hydrogens is 212 g/mol. The number of nitrogens with two attached hydrogens (primary N) is 1. The molecule has 4 heteroatoms. The topological polar surface area (TPSA) is 53.6 Å². The summed E-state index contributed by atoms with van der Waals surface area (Å²) >= 11 is 0. The van der Waals surface area contributed by atoms with Crippen molar-refractivity contribution in [3.8, 4) is 0 Å². The van der Waals surface area contributed by atoms with Crippen molar-refractivity contribution < 1.29 is 0 Å². The van der Waals surface area contributed by atoms with Crippen LogP contribution in [0.25, 0.3) is 0 Å². The summed E-state index contributed by atoms with van der Waals surface area (Å²) in [5.74, 6) is 2.27. The Bertz CT molecular complexity index is 230. The van der Waals surface area contributed by atoms with Crippen molar-refractivity contribution in [1.29, 1.82) is 0 Å². The normalized spacial score (nSPS) is 27.1. The van der Waals surface area contributed by atoms with Gasteiger partial charge < -0.3 is 16.0 Å². The molecule has 0 amide bonds. The molecule has 1 aliphatic heterocycles. The zero-order valence-electron chi connectivity index (χ0n) is 11.6. The fourth-order valence-electron chi connectivity index (χ4n) is 2.73. The number of guanidine groups is 1. The average molecular weight is 240 g/mol. The Balaban J connectivity index is 2.06. The maximum Gasteiger partial charge on any atom is 0.188 e. The average Bonchev–Trinajstić information content (AvgIpc) is 2.27. The predicted molar refractivity (Wildman–Crippen MR) is 74.2 cm³/mol. The Labute approximate surface area is 106 Å². The predicted octanol–water partition coefficient (Wildman–Crippen LogP) is 1.28. The first-order valence-electron chi connectivity index (χ1n) is 6.80. The van der Waals surface area contributed by atoms with Crippen LogP contribution >= 0.6 is 0 Å². The van der Waals surface area contributed by atoms with Gasteiger partial charge in [-0.15, -0.1) is 0 Å². The first-order chi connectivity index (χ1) is 8.11. The van der Waals surface area contributed by atoms with Gasteiger partial charge in [-0.25, -0.2) is 0 Å². The van der Waals surface area contributed by atoms with E-state index < -0.39 is 0 Å². The van der Waals surface area contributed by atoms with Crippen LogP contribution in [0, 0.1) is 11.8 Å². The van der Waals surface area contributed by atoms with E-state index in [1.807, 2.05) is 0 Å². The number of aliphatic imine (C=N–C) groups is 1. The van der Waals surface area contributed by atoms with E-state index in [4.69, 9.17) is 5.73 Å². The monoisotopic (exact) mass is 240 g/mol. The van der Waals surface area contributed by atoms with Gasteiger partial charge >= 0.3 is 0 Å². The van der Waals surface area contributed by atoms with Crippen LogP contribution < -0.4 is 11.1 Å². The molecule has 1 fully saturated rings. The third kappa shape index (κ3) is 5.91. The van der Waals surface area contributed by atoms with Crippen LogP contribution in [-0.4, -0.2) is 44.1 Å². The van der Waals surface area contributed by atoms with Crippen molar-refractivity contribution in [3.05, 3.63) is 0 Å². The molecule has 1 heterocycles. The van der Waals surface area contributed by atoms with Gasteiger partial charge in [0.05, 0.1) is 0 Å². The molecule has 0 aromatic carbocycles. The van der Waals surface area contributed by atoms with Gasteiger partial charge in [0.25, 0.3) is 0 Å². The summed E-state index contributed by atoms with van der Waals surface area (Å²) in [4.78, 5) is 6.48. The van der Waals surface area contributed by atoms with Crippen LogP contribution in [0.2, 0.25) is 0 Å². The SMILES string of the molecule is CN=C(N)NCCCCN1CC(C)CC(C)C1. The summed E-state index contributed by atoms with van der Waals surface area (Å²) in [6.45, 7) is 9.43. The van der Waals surface area contributed by atoms with Crippen molar-refractivity contribution >= 4 is 5.96 Å². The highest BCUT2D eigenvalue weighted by Crippen LogP contribution is 2.20. The summed E-state index contributed by atoms with van der Waals surface area (Å²) in [7, 11) is 1.71. The minimum absolute atomic E-state index is 0.546. The number of nitrogens with one attached hydrogen (secondary N) is 1. The highest BCUT2D eigenvalue weighted by Gasteiger charge is 2.20. The molecule has 3 N–H and O–H groups in total. The maximum absolute atomic E-state index is 5.56. The molecule has 0 aliphatic carbocycles. The molecule has 1 saturated heterocycles. The van der Waals surface area contributed by atoms with Crippen molar-refractivity contribution in [1.82, 2.24) is 10.2 Å². The molecule has 0 aromatic heterocycles. The zero-order chi connectivity index (χ0) is 12.7. The third-order valence-electron chi connectivity index (χ3n) is 3.39. The molecular formula is C13H28N4. The number of hydrogen-bond acceptors (Lipinski definition) is 2. The lowest BCUT2D eigenvalue weighted by Gasteiger charge is -2.34. The molecule has 2 atom stereocenters. The van der Waals surface area contributed by atoms with E-state index in [1.165, 1.54) is 32.5 Å². The van der Waals surface area contributed by atoms with Gasteiger partial charge in [-0.2, -0.15) is 0 Å². The Morgan fingerprint density at radius 1 is 1.29 bits per heavy atom. The highest BCUT2D eigenvalue weighted by molar-refractivity contribution is 5.77. The molecule has 17 heavy (non-hydrogen) atoms. The minimum Gasteiger partial charge on any atom is -0.370 e. The van der Waals surface area contributed by atoms with E-state index in [1.54, 1.807) is 7.05 Å². The molecule has 1 rings (SSSR count). The molecule has 2 unspecified atom stereocenters. The Morgan fingerprint density at radius 2 is 1.94 bits per heavy atom. The van der Waals surface area contributed by atoms with Gasteiger partial charge in [0.2, 0.25) is 0 Å². The lowest BCUT2D eigenvalue weighted by molar-refractivity contribution is 0.139. The van der Waals surface area contributed by atoms with Gasteiger partial charge in [0.15, 0.2) is 5.96 Å². The van der Waals surface area contributed by atoms with Crippen LogP contribution in [0.4, 0.5) is 0 Å². The van der Waals surface area contributed by atoms with E-state index in [-0.39, 0.29) is 0 Å². The van der Waals surface area contributed by atoms with Gasteiger partial charge in [0, 0.05) is 26.7 Å². The standard InChI is InChI=1S/C13H28N4/c1-11-8-12(2)10-17(9-11)7-5-4-6-16-13(14)15-3/h11-12H,4-10H2,1-3H3,(H3,14,15,16). The highest BCUT2D eigenvalue weighted by atomic mass is 15.1. The van der Waals surface area contributed by atoms with E-state index in [2.05, 4.69) is 29.1 Å². The van der Waals surface area contributed by atoms with Gasteiger partial charge in [-0.3, -0.25) is 4.99 Å². The third-order valence-corrected chi connectivity index (χ3v) is 3.39. The van der Waals surface area contributed by atoms with Crippen LogP contribution in [0.1, 0.15) is 33.1 Å². The van der Waals surface area contributed by atoms with E-state index in [0.717, 1.165) is 24.8 Å². The quantitative estimate of drug-likeness (QED) is 0.432. The van der Waals surface area contributed by atoms with Crippen LogP contribution in [0.5, 0.6) is 0 Å². The van der Waals surface area contributed by atoms with Crippen molar-refractivity contribution in [2.24, 2.45) is 22.6 Å². The van der Waals surface area contributed by atoms with Crippen LogP contribution in [0.3, 0.4) is 0 Å². The van der Waals surface area contributed by atoms with Gasteiger partial charge in [0.1, 0.15) is 0 Å². The summed E-state index contributed by atoms with van der Waals surface area (Å²) in [5.41, 5.74) is 5.56. The van der Waals surface area contributed by atoms with Crippen molar-refractivity contribution in [2.75, 3.05) is 33.2 Å². The first-order valence-corrected chi connectivity index (χ1v) is 6.80. The molecule has 0 bridgehead atoms. The Kier molecular flexibility index (Phi) is 6.34. The lowest BCUT2D eigenvalue weighted by Crippen LogP contribution is -2.39. The first kappa shape index (κ1) is 14.3. The van der Waals surface area contributed by atoms with E-state index >= 15 is 0 Å². The second-order valence-electron chi connectivity index (χ2n) is 5.45. The van der Waals surface area contributed by atoms with Crippen LogP contribution in [0.15, 0.2) is 4.99 Å². The number of nitrogens with zero attached hydrogens (tertiary/aromatic N) is 2. The van der Waals surface area contributed by atoms with Crippen molar-refractivity contribution in [3.63, 3.8) is 0 Å². The number of hydrogen-bond donors (Lipinski definition) is 2. The van der Waals surface area contributed by atoms with Crippen LogP contribution in [-0.2, 0) is 0 Å². The summed E-state index contributed by atoms with van der Waals surface area (Å²) in [5, 5.41) is 3.10. The van der Waals surface area contributed by atoms with E-state index in [9.17, 15) is 0 Å². The number of piperidine rings is 1. The molecule has 1 aliphatic rings. The smallest absolute Gasteiger partial charge is 0.188 e. The molecule has 0 aromatic rings. The molecule has 0 saturated carbocycles. The molecule has 100 valence electrons. The van der Waals surface area contributed by atoms with Gasteiger partial charge in [-0.1, -0.05) is 13.8 Å².